The minimum Gasteiger partial charge on any atom is -0.312 e. The van der Waals surface area contributed by atoms with Crippen LogP contribution in [0.15, 0.2) is 22.7 Å². The van der Waals surface area contributed by atoms with Gasteiger partial charge in [0.25, 0.3) is 0 Å². The summed E-state index contributed by atoms with van der Waals surface area (Å²) in [6.07, 6.45) is 6.29. The van der Waals surface area contributed by atoms with Crippen molar-refractivity contribution in [3.63, 3.8) is 0 Å². The average molecular weight is 356 g/mol. The van der Waals surface area contributed by atoms with E-state index in [1.165, 1.54) is 31.7 Å². The van der Waals surface area contributed by atoms with Crippen molar-refractivity contribution < 1.29 is 4.39 Å². The van der Waals surface area contributed by atoms with Crippen LogP contribution in [0.5, 0.6) is 0 Å². The van der Waals surface area contributed by atoms with E-state index in [1.54, 1.807) is 6.07 Å². The number of hydrogen-bond acceptors (Lipinski definition) is 1. The zero-order valence-corrected chi connectivity index (χ0v) is 15.0. The molecule has 1 atom stereocenters. The maximum absolute atomic E-state index is 13.5. The number of halogens is 2. The van der Waals surface area contributed by atoms with Crippen molar-refractivity contribution in [3.8, 4) is 0 Å². The second-order valence-corrected chi connectivity index (χ2v) is 8.23. The first-order valence-electron chi connectivity index (χ1n) is 8.04. The number of benzene rings is 1. The van der Waals surface area contributed by atoms with Crippen molar-refractivity contribution in [1.29, 1.82) is 0 Å². The Hall–Kier alpha value is -0.410. The zero-order chi connectivity index (χ0) is 15.5. The maximum Gasteiger partial charge on any atom is 0.123 e. The molecule has 1 fully saturated rings. The minimum atomic E-state index is -0.137. The molecule has 1 aliphatic carbocycles. The van der Waals surface area contributed by atoms with Crippen molar-refractivity contribution in [3.05, 3.63) is 34.1 Å². The first-order chi connectivity index (χ1) is 9.85. The van der Waals surface area contributed by atoms with Gasteiger partial charge in [-0.25, -0.2) is 4.39 Å². The summed E-state index contributed by atoms with van der Waals surface area (Å²) in [5.74, 6) is 1.22. The highest BCUT2D eigenvalue weighted by molar-refractivity contribution is 9.10. The highest BCUT2D eigenvalue weighted by Gasteiger charge is 2.26. The lowest BCUT2D eigenvalue weighted by Gasteiger charge is -2.29. The molecule has 0 spiro atoms. The summed E-state index contributed by atoms with van der Waals surface area (Å²) in [7, 11) is 0. The fourth-order valence-electron chi connectivity index (χ4n) is 3.25. The summed E-state index contributed by atoms with van der Waals surface area (Å²) >= 11 is 3.57. The first-order valence-corrected chi connectivity index (χ1v) is 8.83. The molecule has 0 aliphatic heterocycles. The van der Waals surface area contributed by atoms with Crippen molar-refractivity contribution in [2.24, 2.45) is 11.8 Å². The van der Waals surface area contributed by atoms with E-state index in [9.17, 15) is 4.39 Å². The van der Waals surface area contributed by atoms with E-state index >= 15 is 0 Å². The molecule has 0 bridgehead atoms. The van der Waals surface area contributed by atoms with Crippen molar-refractivity contribution in [1.82, 2.24) is 5.32 Å². The quantitative estimate of drug-likeness (QED) is 0.752. The lowest BCUT2D eigenvalue weighted by Crippen LogP contribution is -2.41. The molecule has 0 saturated heterocycles. The van der Waals surface area contributed by atoms with Crippen LogP contribution in [0.25, 0.3) is 0 Å². The van der Waals surface area contributed by atoms with Crippen LogP contribution in [-0.2, 0) is 6.42 Å². The number of rotatable bonds is 5. The van der Waals surface area contributed by atoms with Crippen LogP contribution >= 0.6 is 15.9 Å². The van der Waals surface area contributed by atoms with E-state index in [0.717, 1.165) is 28.9 Å². The highest BCUT2D eigenvalue weighted by Crippen LogP contribution is 2.34. The molecule has 0 aromatic heterocycles. The standard InChI is InChI=1S/C18H27BrFN/c1-18(2,3)21-12-15(13-6-4-5-7-13)10-14-11-16(20)8-9-17(14)19/h8-9,11,13,15,21H,4-7,10,12H2,1-3H3. The Morgan fingerprint density at radius 3 is 2.57 bits per heavy atom. The van der Waals surface area contributed by atoms with Crippen molar-refractivity contribution in [2.45, 2.75) is 58.4 Å². The molecular weight excluding hydrogens is 329 g/mol. The Bertz CT molecular complexity index is 461. The highest BCUT2D eigenvalue weighted by atomic mass is 79.9. The summed E-state index contributed by atoms with van der Waals surface area (Å²) in [6, 6.07) is 5.03. The summed E-state index contributed by atoms with van der Waals surface area (Å²) < 4.78 is 14.5. The Morgan fingerprint density at radius 2 is 1.95 bits per heavy atom. The molecule has 1 aromatic carbocycles. The summed E-state index contributed by atoms with van der Waals surface area (Å²) in [4.78, 5) is 0. The summed E-state index contributed by atoms with van der Waals surface area (Å²) in [6.45, 7) is 7.63. The van der Waals surface area contributed by atoms with Gasteiger partial charge >= 0.3 is 0 Å². The molecule has 3 heteroatoms. The Labute approximate surface area is 136 Å². The average Bonchev–Trinajstić information content (AvgIpc) is 2.91. The van der Waals surface area contributed by atoms with E-state index in [2.05, 4.69) is 42.0 Å². The molecule has 1 N–H and O–H groups in total. The molecule has 2 rings (SSSR count). The van der Waals surface area contributed by atoms with Crippen LogP contribution in [0.1, 0.15) is 52.0 Å². The fraction of sp³-hybridized carbons (Fsp3) is 0.667. The molecule has 0 heterocycles. The van der Waals surface area contributed by atoms with Gasteiger partial charge in [-0.2, -0.15) is 0 Å². The maximum atomic E-state index is 13.5. The molecule has 1 aromatic rings. The second-order valence-electron chi connectivity index (χ2n) is 7.38. The predicted octanol–water partition coefficient (Wildman–Crippen LogP) is 5.33. The zero-order valence-electron chi connectivity index (χ0n) is 13.4. The third-order valence-electron chi connectivity index (χ3n) is 4.45. The van der Waals surface area contributed by atoms with Gasteiger partial charge in [-0.15, -0.1) is 0 Å². The molecule has 0 radical (unpaired) electrons. The van der Waals surface area contributed by atoms with Crippen molar-refractivity contribution >= 4 is 15.9 Å². The van der Waals surface area contributed by atoms with Gasteiger partial charge in [0.15, 0.2) is 0 Å². The Kier molecular flexibility index (Phi) is 5.84. The lowest BCUT2D eigenvalue weighted by atomic mass is 9.85. The van der Waals surface area contributed by atoms with E-state index in [1.807, 2.05) is 6.07 Å². The van der Waals surface area contributed by atoms with Gasteiger partial charge in [0.1, 0.15) is 5.82 Å². The van der Waals surface area contributed by atoms with E-state index in [0.29, 0.717) is 5.92 Å². The second kappa shape index (κ2) is 7.23. The van der Waals surface area contributed by atoms with Crippen LogP contribution in [0.4, 0.5) is 4.39 Å². The number of hydrogen-bond donors (Lipinski definition) is 1. The fourth-order valence-corrected chi connectivity index (χ4v) is 3.66. The molecule has 21 heavy (non-hydrogen) atoms. The van der Waals surface area contributed by atoms with Crippen LogP contribution in [0.2, 0.25) is 0 Å². The van der Waals surface area contributed by atoms with Gasteiger partial charge in [-0.3, -0.25) is 0 Å². The van der Waals surface area contributed by atoms with Crippen molar-refractivity contribution in [2.75, 3.05) is 6.54 Å². The number of nitrogens with one attached hydrogen (secondary N) is 1. The summed E-state index contributed by atoms with van der Waals surface area (Å²) in [5.41, 5.74) is 1.23. The predicted molar refractivity (Wildman–Crippen MR) is 91.0 cm³/mol. The third-order valence-corrected chi connectivity index (χ3v) is 5.22. The smallest absolute Gasteiger partial charge is 0.123 e. The van der Waals surface area contributed by atoms with Gasteiger partial charge in [-0.1, -0.05) is 41.6 Å². The molecule has 1 saturated carbocycles. The van der Waals surface area contributed by atoms with Gasteiger partial charge < -0.3 is 5.32 Å². The molecule has 1 nitrogen and oxygen atoms in total. The van der Waals surface area contributed by atoms with E-state index in [-0.39, 0.29) is 11.4 Å². The molecule has 0 amide bonds. The first kappa shape index (κ1) is 17.0. The normalized spacial score (nSPS) is 18.1. The molecule has 118 valence electrons. The molecular formula is C18H27BrFN. The monoisotopic (exact) mass is 355 g/mol. The van der Waals surface area contributed by atoms with Crippen LogP contribution in [0, 0.1) is 17.7 Å². The van der Waals surface area contributed by atoms with Gasteiger partial charge in [-0.05, 0) is 69.3 Å². The van der Waals surface area contributed by atoms with E-state index < -0.39 is 0 Å². The van der Waals surface area contributed by atoms with E-state index in [4.69, 9.17) is 0 Å². The van der Waals surface area contributed by atoms with Crippen LogP contribution in [-0.4, -0.2) is 12.1 Å². The van der Waals surface area contributed by atoms with Gasteiger partial charge in [0.05, 0.1) is 0 Å². The van der Waals surface area contributed by atoms with Gasteiger partial charge in [0.2, 0.25) is 0 Å². The van der Waals surface area contributed by atoms with Crippen LogP contribution in [0.3, 0.4) is 0 Å². The third kappa shape index (κ3) is 5.37. The Morgan fingerprint density at radius 1 is 1.29 bits per heavy atom. The van der Waals surface area contributed by atoms with Gasteiger partial charge in [0, 0.05) is 10.0 Å². The molecule has 1 unspecified atom stereocenters. The topological polar surface area (TPSA) is 12.0 Å². The van der Waals surface area contributed by atoms with Crippen LogP contribution < -0.4 is 5.32 Å². The molecule has 1 aliphatic rings. The largest absolute Gasteiger partial charge is 0.312 e. The minimum absolute atomic E-state index is 0.135. The lowest BCUT2D eigenvalue weighted by molar-refractivity contribution is 0.286. The summed E-state index contributed by atoms with van der Waals surface area (Å²) in [5, 5.41) is 3.64. The Balaban J connectivity index is 2.09. The SMILES string of the molecule is CC(C)(C)NCC(Cc1cc(F)ccc1Br)C1CCCC1.